The van der Waals surface area contributed by atoms with Crippen LogP contribution in [0, 0.1) is 0 Å². The minimum atomic E-state index is -0.461. The molecule has 0 saturated carbocycles. The Morgan fingerprint density at radius 2 is 1.95 bits per heavy atom. The van der Waals surface area contributed by atoms with Crippen molar-refractivity contribution in [3.63, 3.8) is 0 Å². The number of carbonyl (C=O) groups is 1. The lowest BCUT2D eigenvalue weighted by Gasteiger charge is -2.19. The highest BCUT2D eigenvalue weighted by Gasteiger charge is 2.15. The molecule has 0 atom stereocenters. The van der Waals surface area contributed by atoms with Gasteiger partial charge < -0.3 is 20.3 Å². The van der Waals surface area contributed by atoms with Crippen LogP contribution in [0.5, 0.6) is 0 Å². The number of anilines is 2. The second kappa shape index (κ2) is 7.03. The van der Waals surface area contributed by atoms with E-state index in [0.717, 1.165) is 11.4 Å². The van der Waals surface area contributed by atoms with E-state index in [1.165, 1.54) is 0 Å². The Hall–Kier alpha value is -1.91. The van der Waals surface area contributed by atoms with Crippen LogP contribution in [0.3, 0.4) is 0 Å². The van der Waals surface area contributed by atoms with Crippen LogP contribution in [-0.2, 0) is 4.74 Å². The fraction of sp³-hybridized carbons (Fsp3) is 0.533. The number of rotatable bonds is 5. The maximum atomic E-state index is 11.4. The topological polar surface area (TPSA) is 53.6 Å². The van der Waals surface area contributed by atoms with E-state index in [0.29, 0.717) is 13.1 Å². The van der Waals surface area contributed by atoms with E-state index >= 15 is 0 Å². The van der Waals surface area contributed by atoms with Gasteiger partial charge in [0.25, 0.3) is 0 Å². The smallest absolute Gasteiger partial charge is 0.407 e. The summed E-state index contributed by atoms with van der Waals surface area (Å²) in [6, 6.07) is 8.11. The number of alkyl carbamates (subject to hydrolysis) is 1. The van der Waals surface area contributed by atoms with Crippen molar-refractivity contribution in [1.29, 1.82) is 0 Å². The van der Waals surface area contributed by atoms with Crippen molar-refractivity contribution in [2.24, 2.45) is 0 Å². The predicted molar refractivity (Wildman–Crippen MR) is 83.5 cm³/mol. The Labute approximate surface area is 121 Å². The van der Waals surface area contributed by atoms with Crippen LogP contribution in [0.2, 0.25) is 0 Å². The highest BCUT2D eigenvalue weighted by Crippen LogP contribution is 2.16. The first-order valence-corrected chi connectivity index (χ1v) is 6.76. The third-order valence-electron chi connectivity index (χ3n) is 2.48. The first-order valence-electron chi connectivity index (χ1n) is 6.76. The Bertz CT molecular complexity index is 439. The first kappa shape index (κ1) is 16.1. The van der Waals surface area contributed by atoms with Crippen LogP contribution >= 0.6 is 0 Å². The van der Waals surface area contributed by atoms with Gasteiger partial charge in [-0.2, -0.15) is 0 Å². The number of hydrogen-bond acceptors (Lipinski definition) is 4. The summed E-state index contributed by atoms with van der Waals surface area (Å²) in [5.41, 5.74) is 1.70. The van der Waals surface area contributed by atoms with E-state index in [1.807, 2.05) is 58.0 Å². The van der Waals surface area contributed by atoms with Crippen LogP contribution in [0.4, 0.5) is 16.2 Å². The zero-order valence-corrected chi connectivity index (χ0v) is 13.0. The van der Waals surface area contributed by atoms with E-state index in [-0.39, 0.29) is 6.09 Å². The molecule has 0 aliphatic heterocycles. The number of benzene rings is 1. The van der Waals surface area contributed by atoms with Gasteiger partial charge in [0.1, 0.15) is 5.60 Å². The Kier molecular flexibility index (Phi) is 5.67. The molecule has 2 N–H and O–H groups in total. The summed E-state index contributed by atoms with van der Waals surface area (Å²) in [6.07, 6.45) is -0.388. The summed E-state index contributed by atoms with van der Waals surface area (Å²) in [6.45, 7) is 6.70. The number of amides is 1. The Morgan fingerprint density at radius 3 is 2.55 bits per heavy atom. The molecule has 0 saturated heterocycles. The summed E-state index contributed by atoms with van der Waals surface area (Å²) in [4.78, 5) is 13.5. The molecule has 0 aliphatic rings. The Morgan fingerprint density at radius 1 is 1.25 bits per heavy atom. The van der Waals surface area contributed by atoms with E-state index in [1.54, 1.807) is 0 Å². The van der Waals surface area contributed by atoms with Crippen molar-refractivity contribution >= 4 is 17.5 Å². The van der Waals surface area contributed by atoms with E-state index in [2.05, 4.69) is 16.7 Å². The molecular formula is C15H25N3O2. The van der Waals surface area contributed by atoms with Gasteiger partial charge in [0, 0.05) is 38.6 Å². The van der Waals surface area contributed by atoms with Crippen molar-refractivity contribution < 1.29 is 9.53 Å². The first-order chi connectivity index (χ1) is 9.28. The van der Waals surface area contributed by atoms with E-state index in [9.17, 15) is 4.79 Å². The van der Waals surface area contributed by atoms with E-state index < -0.39 is 5.60 Å². The highest BCUT2D eigenvalue weighted by atomic mass is 16.6. The minimum absolute atomic E-state index is 0.388. The molecule has 1 rings (SSSR count). The van der Waals surface area contributed by atoms with Crippen molar-refractivity contribution in [2.45, 2.75) is 26.4 Å². The van der Waals surface area contributed by atoms with Gasteiger partial charge in [0.15, 0.2) is 0 Å². The number of nitrogens with zero attached hydrogens (tertiary/aromatic N) is 1. The van der Waals surface area contributed by atoms with Crippen LogP contribution in [0.15, 0.2) is 24.3 Å². The molecule has 0 bridgehead atoms. The molecule has 1 aromatic rings. The zero-order valence-electron chi connectivity index (χ0n) is 13.0. The molecule has 0 unspecified atom stereocenters. The quantitative estimate of drug-likeness (QED) is 0.814. The molecular weight excluding hydrogens is 254 g/mol. The van der Waals surface area contributed by atoms with Gasteiger partial charge in [-0.25, -0.2) is 4.79 Å². The normalized spacial score (nSPS) is 10.8. The predicted octanol–water partition coefficient (Wildman–Crippen LogP) is 2.69. The van der Waals surface area contributed by atoms with Gasteiger partial charge in [0.2, 0.25) is 0 Å². The molecule has 0 aromatic heterocycles. The average molecular weight is 279 g/mol. The lowest BCUT2D eigenvalue weighted by Crippen LogP contribution is -2.35. The molecule has 20 heavy (non-hydrogen) atoms. The van der Waals surface area contributed by atoms with Crippen molar-refractivity contribution in [3.8, 4) is 0 Å². The van der Waals surface area contributed by atoms with Gasteiger partial charge in [-0.05, 0) is 39.0 Å². The highest BCUT2D eigenvalue weighted by molar-refractivity contribution is 5.67. The number of carbonyl (C=O) groups excluding carboxylic acids is 1. The molecule has 0 radical (unpaired) electrons. The van der Waals surface area contributed by atoms with E-state index in [4.69, 9.17) is 4.74 Å². The van der Waals surface area contributed by atoms with Crippen molar-refractivity contribution in [2.75, 3.05) is 37.4 Å². The third-order valence-corrected chi connectivity index (χ3v) is 2.48. The molecule has 0 aliphatic carbocycles. The Balaban J connectivity index is 2.31. The van der Waals surface area contributed by atoms with Gasteiger partial charge in [-0.1, -0.05) is 6.07 Å². The van der Waals surface area contributed by atoms with Gasteiger partial charge in [-0.3, -0.25) is 0 Å². The number of hydrogen-bond donors (Lipinski definition) is 2. The summed E-state index contributed by atoms with van der Waals surface area (Å²) in [5, 5.41) is 5.97. The summed E-state index contributed by atoms with van der Waals surface area (Å²) in [5.74, 6) is 0. The van der Waals surface area contributed by atoms with Crippen LogP contribution < -0.4 is 15.5 Å². The second-order valence-corrected chi connectivity index (χ2v) is 5.80. The molecule has 1 aromatic carbocycles. The SMILES string of the molecule is CN(C)c1cccc(NCCNC(=O)OC(C)(C)C)c1. The number of nitrogens with one attached hydrogen (secondary N) is 2. The van der Waals surface area contributed by atoms with Crippen LogP contribution in [0.25, 0.3) is 0 Å². The van der Waals surface area contributed by atoms with Gasteiger partial charge >= 0.3 is 6.09 Å². The zero-order chi connectivity index (χ0) is 15.2. The standard InChI is InChI=1S/C15H25N3O2/c1-15(2,3)20-14(19)17-10-9-16-12-7-6-8-13(11-12)18(4)5/h6-8,11,16H,9-10H2,1-5H3,(H,17,19). The minimum Gasteiger partial charge on any atom is -0.444 e. The fourth-order valence-electron chi connectivity index (χ4n) is 1.58. The van der Waals surface area contributed by atoms with Crippen molar-refractivity contribution in [3.05, 3.63) is 24.3 Å². The van der Waals surface area contributed by atoms with Crippen LogP contribution in [0.1, 0.15) is 20.8 Å². The molecule has 5 heteroatoms. The summed E-state index contributed by atoms with van der Waals surface area (Å²) >= 11 is 0. The maximum absolute atomic E-state index is 11.4. The molecule has 5 nitrogen and oxygen atoms in total. The summed E-state index contributed by atoms with van der Waals surface area (Å²) < 4.78 is 5.16. The lowest BCUT2D eigenvalue weighted by atomic mass is 10.2. The van der Waals surface area contributed by atoms with Crippen LogP contribution in [-0.4, -0.2) is 38.9 Å². The summed E-state index contributed by atoms with van der Waals surface area (Å²) in [7, 11) is 4.01. The fourth-order valence-corrected chi connectivity index (χ4v) is 1.58. The van der Waals surface area contributed by atoms with Gasteiger partial charge in [0.05, 0.1) is 0 Å². The molecule has 0 fully saturated rings. The second-order valence-electron chi connectivity index (χ2n) is 5.80. The largest absolute Gasteiger partial charge is 0.444 e. The molecule has 1 amide bonds. The number of ether oxygens (including phenoxy) is 1. The maximum Gasteiger partial charge on any atom is 0.407 e. The molecule has 112 valence electrons. The molecule has 0 spiro atoms. The van der Waals surface area contributed by atoms with Gasteiger partial charge in [-0.15, -0.1) is 0 Å². The third kappa shape index (κ3) is 6.31. The van der Waals surface area contributed by atoms with Crippen molar-refractivity contribution in [1.82, 2.24) is 5.32 Å². The lowest BCUT2D eigenvalue weighted by molar-refractivity contribution is 0.0530. The average Bonchev–Trinajstić information content (AvgIpc) is 2.33. The monoisotopic (exact) mass is 279 g/mol. The molecule has 0 heterocycles.